The zero-order valence-corrected chi connectivity index (χ0v) is 11.7. The Kier molecular flexibility index (Phi) is 4.80. The molecule has 0 radical (unpaired) electrons. The molecule has 1 heterocycles. The highest BCUT2D eigenvalue weighted by Gasteiger charge is 2.31. The molecule has 0 aromatic heterocycles. The summed E-state index contributed by atoms with van der Waals surface area (Å²) in [5.41, 5.74) is -0.415. The third-order valence-corrected chi connectivity index (χ3v) is 3.00. The molecular weight excluding hydrogens is 216 g/mol. The highest BCUT2D eigenvalue weighted by molar-refractivity contribution is 5.68. The molecule has 0 aromatic carbocycles. The maximum Gasteiger partial charge on any atom is 0.410 e. The lowest BCUT2D eigenvalue weighted by Crippen LogP contribution is -2.52. The Morgan fingerprint density at radius 1 is 1.41 bits per heavy atom. The van der Waals surface area contributed by atoms with E-state index in [-0.39, 0.29) is 12.1 Å². The largest absolute Gasteiger partial charge is 0.444 e. The summed E-state index contributed by atoms with van der Waals surface area (Å²) >= 11 is 0. The first-order chi connectivity index (χ1) is 7.83. The molecule has 0 aromatic rings. The second kappa shape index (κ2) is 5.71. The number of amides is 1. The summed E-state index contributed by atoms with van der Waals surface area (Å²) in [7, 11) is 0. The van der Waals surface area contributed by atoms with E-state index in [0.29, 0.717) is 6.04 Å². The maximum atomic E-state index is 12.0. The van der Waals surface area contributed by atoms with E-state index in [4.69, 9.17) is 4.74 Å². The molecule has 0 bridgehead atoms. The molecule has 4 heteroatoms. The average Bonchev–Trinajstić information content (AvgIpc) is 2.18. The van der Waals surface area contributed by atoms with Gasteiger partial charge in [-0.3, -0.25) is 0 Å². The second-order valence-corrected chi connectivity index (χ2v) is 5.81. The lowest BCUT2D eigenvalue weighted by Gasteiger charge is -2.38. The predicted octanol–water partition coefficient (Wildman–Crippen LogP) is 2.38. The quantitative estimate of drug-likeness (QED) is 0.808. The van der Waals surface area contributed by atoms with Crippen LogP contribution in [0.3, 0.4) is 0 Å². The number of rotatable bonds is 2. The molecule has 1 aliphatic heterocycles. The molecule has 1 saturated heterocycles. The van der Waals surface area contributed by atoms with Gasteiger partial charge in [0.1, 0.15) is 5.60 Å². The third kappa shape index (κ3) is 4.54. The van der Waals surface area contributed by atoms with Crippen molar-refractivity contribution in [2.24, 2.45) is 0 Å². The van der Waals surface area contributed by atoms with Gasteiger partial charge >= 0.3 is 6.09 Å². The van der Waals surface area contributed by atoms with Gasteiger partial charge in [-0.2, -0.15) is 0 Å². The molecule has 0 aliphatic carbocycles. The third-order valence-electron chi connectivity index (χ3n) is 3.00. The molecule has 100 valence electrons. The van der Waals surface area contributed by atoms with Crippen LogP contribution in [0, 0.1) is 0 Å². The van der Waals surface area contributed by atoms with Crippen molar-refractivity contribution < 1.29 is 9.53 Å². The molecule has 1 amide bonds. The first kappa shape index (κ1) is 14.3. The Morgan fingerprint density at radius 2 is 2.06 bits per heavy atom. The topological polar surface area (TPSA) is 41.6 Å². The fraction of sp³-hybridized carbons (Fsp3) is 0.923. The van der Waals surface area contributed by atoms with Crippen molar-refractivity contribution in [3.8, 4) is 0 Å². The number of carbonyl (C=O) groups is 1. The van der Waals surface area contributed by atoms with E-state index in [2.05, 4.69) is 19.2 Å². The summed E-state index contributed by atoms with van der Waals surface area (Å²) in [4.78, 5) is 13.9. The second-order valence-electron chi connectivity index (χ2n) is 5.81. The highest BCUT2D eigenvalue weighted by Crippen LogP contribution is 2.20. The molecule has 1 N–H and O–H groups in total. The molecule has 2 atom stereocenters. The van der Waals surface area contributed by atoms with E-state index in [0.717, 1.165) is 25.9 Å². The van der Waals surface area contributed by atoms with Crippen LogP contribution in [0.5, 0.6) is 0 Å². The number of ether oxygens (including phenoxy) is 1. The van der Waals surface area contributed by atoms with Crippen LogP contribution >= 0.6 is 0 Å². The molecule has 1 fully saturated rings. The zero-order valence-electron chi connectivity index (χ0n) is 11.7. The molecule has 0 spiro atoms. The summed E-state index contributed by atoms with van der Waals surface area (Å²) in [6.07, 6.45) is 1.98. The van der Waals surface area contributed by atoms with Gasteiger partial charge in [0.15, 0.2) is 0 Å². The van der Waals surface area contributed by atoms with Crippen molar-refractivity contribution in [3.05, 3.63) is 0 Å². The molecule has 0 saturated carbocycles. The van der Waals surface area contributed by atoms with Crippen LogP contribution in [-0.2, 0) is 4.74 Å². The van der Waals surface area contributed by atoms with Gasteiger partial charge in [-0.1, -0.05) is 6.92 Å². The Bertz CT molecular complexity index is 261. The monoisotopic (exact) mass is 242 g/mol. The molecule has 2 unspecified atom stereocenters. The number of nitrogens with zero attached hydrogens (tertiary/aromatic N) is 1. The number of hydrogen-bond donors (Lipinski definition) is 1. The van der Waals surface area contributed by atoms with Gasteiger partial charge in [0, 0.05) is 18.6 Å². The van der Waals surface area contributed by atoms with Crippen LogP contribution in [0.15, 0.2) is 0 Å². The van der Waals surface area contributed by atoms with Crippen molar-refractivity contribution in [2.75, 3.05) is 13.1 Å². The summed E-state index contributed by atoms with van der Waals surface area (Å²) in [5.74, 6) is 0. The summed E-state index contributed by atoms with van der Waals surface area (Å²) in [6.45, 7) is 11.6. The molecular formula is C13H26N2O2. The van der Waals surface area contributed by atoms with E-state index >= 15 is 0 Å². The van der Waals surface area contributed by atoms with E-state index in [1.54, 1.807) is 0 Å². The first-order valence-electron chi connectivity index (χ1n) is 6.56. The van der Waals surface area contributed by atoms with E-state index in [1.807, 2.05) is 25.7 Å². The minimum Gasteiger partial charge on any atom is -0.444 e. The van der Waals surface area contributed by atoms with Gasteiger partial charge in [-0.15, -0.1) is 0 Å². The van der Waals surface area contributed by atoms with Crippen molar-refractivity contribution in [1.82, 2.24) is 10.2 Å². The highest BCUT2D eigenvalue weighted by atomic mass is 16.6. The van der Waals surface area contributed by atoms with Crippen LogP contribution in [-0.4, -0.2) is 41.8 Å². The standard InChI is InChI=1S/C13H26N2O2/c1-6-14-11-8-7-10(2)15(9-11)12(16)17-13(3,4)5/h10-11,14H,6-9H2,1-5H3. The first-order valence-corrected chi connectivity index (χ1v) is 6.56. The fourth-order valence-electron chi connectivity index (χ4n) is 2.14. The van der Waals surface area contributed by atoms with Crippen molar-refractivity contribution in [1.29, 1.82) is 0 Å². The van der Waals surface area contributed by atoms with E-state index < -0.39 is 5.60 Å². The van der Waals surface area contributed by atoms with Gasteiger partial charge in [0.25, 0.3) is 0 Å². The van der Waals surface area contributed by atoms with Crippen LogP contribution in [0.2, 0.25) is 0 Å². The average molecular weight is 242 g/mol. The van der Waals surface area contributed by atoms with Gasteiger partial charge in [0.2, 0.25) is 0 Å². The molecule has 17 heavy (non-hydrogen) atoms. The summed E-state index contributed by atoms with van der Waals surface area (Å²) in [6, 6.07) is 0.684. The molecule has 1 aliphatic rings. The normalized spacial score (nSPS) is 25.8. The minimum atomic E-state index is -0.415. The smallest absolute Gasteiger partial charge is 0.410 e. The van der Waals surface area contributed by atoms with Crippen LogP contribution in [0.1, 0.15) is 47.5 Å². The van der Waals surface area contributed by atoms with Crippen LogP contribution < -0.4 is 5.32 Å². The summed E-state index contributed by atoms with van der Waals surface area (Å²) < 4.78 is 5.43. The van der Waals surface area contributed by atoms with E-state index in [1.165, 1.54) is 0 Å². The zero-order chi connectivity index (χ0) is 13.1. The maximum absolute atomic E-state index is 12.0. The predicted molar refractivity (Wildman–Crippen MR) is 69.1 cm³/mol. The number of hydrogen-bond acceptors (Lipinski definition) is 3. The van der Waals surface area contributed by atoms with Crippen LogP contribution in [0.4, 0.5) is 4.79 Å². The van der Waals surface area contributed by atoms with Crippen molar-refractivity contribution in [2.45, 2.75) is 65.1 Å². The Morgan fingerprint density at radius 3 is 2.59 bits per heavy atom. The van der Waals surface area contributed by atoms with E-state index in [9.17, 15) is 4.79 Å². The fourth-order valence-corrected chi connectivity index (χ4v) is 2.14. The number of piperidine rings is 1. The lowest BCUT2D eigenvalue weighted by molar-refractivity contribution is 0.00840. The van der Waals surface area contributed by atoms with Gasteiger partial charge in [-0.25, -0.2) is 4.79 Å². The van der Waals surface area contributed by atoms with Gasteiger partial charge < -0.3 is 15.0 Å². The Labute approximate surface area is 105 Å². The van der Waals surface area contributed by atoms with Crippen molar-refractivity contribution in [3.63, 3.8) is 0 Å². The number of nitrogens with one attached hydrogen (secondary N) is 1. The number of likely N-dealkylation sites (N-methyl/N-ethyl adjacent to an activating group) is 1. The van der Waals surface area contributed by atoms with Crippen molar-refractivity contribution >= 4 is 6.09 Å². The SMILES string of the molecule is CCNC1CCC(C)N(C(=O)OC(C)(C)C)C1. The molecule has 1 rings (SSSR count). The Hall–Kier alpha value is -0.770. The lowest BCUT2D eigenvalue weighted by atomic mass is 10.00. The minimum absolute atomic E-state index is 0.187. The van der Waals surface area contributed by atoms with Gasteiger partial charge in [-0.05, 0) is 47.1 Å². The van der Waals surface area contributed by atoms with Crippen LogP contribution in [0.25, 0.3) is 0 Å². The number of likely N-dealkylation sites (tertiary alicyclic amines) is 1. The molecule has 4 nitrogen and oxygen atoms in total. The summed E-state index contributed by atoms with van der Waals surface area (Å²) in [5, 5.41) is 3.40. The Balaban J connectivity index is 2.57. The number of carbonyl (C=O) groups excluding carboxylic acids is 1. The van der Waals surface area contributed by atoms with Gasteiger partial charge in [0.05, 0.1) is 0 Å².